The van der Waals surface area contributed by atoms with E-state index in [1.807, 2.05) is 48.5 Å². The number of hydrogen-bond acceptors (Lipinski definition) is 4. The maximum absolute atomic E-state index is 11.3. The molecule has 0 saturated carbocycles. The summed E-state index contributed by atoms with van der Waals surface area (Å²) in [6, 6.07) is 15.1. The molecule has 0 fully saturated rings. The number of esters is 1. The molecule has 0 saturated heterocycles. The van der Waals surface area contributed by atoms with Crippen molar-refractivity contribution in [1.82, 2.24) is 0 Å². The lowest BCUT2D eigenvalue weighted by Crippen LogP contribution is -2.33. The van der Waals surface area contributed by atoms with Crippen LogP contribution in [0.2, 0.25) is 0 Å². The monoisotopic (exact) mass is 285 g/mol. The van der Waals surface area contributed by atoms with Crippen LogP contribution in [0.3, 0.4) is 0 Å². The molecule has 2 aromatic rings. The molecule has 0 unspecified atom stereocenters. The third kappa shape index (κ3) is 3.61. The molecule has 2 N–H and O–H groups in total. The van der Waals surface area contributed by atoms with E-state index in [2.05, 4.69) is 4.74 Å². The van der Waals surface area contributed by atoms with Gasteiger partial charge in [-0.15, -0.1) is 0 Å². The van der Waals surface area contributed by atoms with E-state index in [1.54, 1.807) is 7.11 Å². The van der Waals surface area contributed by atoms with Crippen molar-refractivity contribution in [3.8, 4) is 16.9 Å². The van der Waals surface area contributed by atoms with Gasteiger partial charge in [0.25, 0.3) is 0 Å². The fourth-order valence-electron chi connectivity index (χ4n) is 2.19. The number of para-hydroxylation sites is 1. The Morgan fingerprint density at radius 3 is 2.38 bits per heavy atom. The summed E-state index contributed by atoms with van der Waals surface area (Å²) in [5.41, 5.74) is 8.84. The van der Waals surface area contributed by atoms with Crippen LogP contribution in [0.25, 0.3) is 11.1 Å². The van der Waals surface area contributed by atoms with Crippen molar-refractivity contribution in [3.63, 3.8) is 0 Å². The molecule has 2 aromatic carbocycles. The maximum atomic E-state index is 11.3. The fourth-order valence-corrected chi connectivity index (χ4v) is 2.19. The third-order valence-corrected chi connectivity index (χ3v) is 3.33. The summed E-state index contributed by atoms with van der Waals surface area (Å²) in [4.78, 5) is 11.3. The minimum atomic E-state index is -0.632. The highest BCUT2D eigenvalue weighted by Crippen LogP contribution is 2.29. The summed E-state index contributed by atoms with van der Waals surface area (Å²) < 4.78 is 9.99. The molecule has 0 heterocycles. The second kappa shape index (κ2) is 6.90. The summed E-state index contributed by atoms with van der Waals surface area (Å²) in [6.45, 7) is 0. The van der Waals surface area contributed by atoms with Gasteiger partial charge in [0.1, 0.15) is 11.8 Å². The van der Waals surface area contributed by atoms with Crippen LogP contribution in [0.5, 0.6) is 5.75 Å². The van der Waals surface area contributed by atoms with E-state index >= 15 is 0 Å². The van der Waals surface area contributed by atoms with Crippen molar-refractivity contribution in [2.24, 2.45) is 5.73 Å². The highest BCUT2D eigenvalue weighted by molar-refractivity contribution is 5.76. The minimum absolute atomic E-state index is 0.399. The van der Waals surface area contributed by atoms with E-state index in [0.29, 0.717) is 6.42 Å². The third-order valence-electron chi connectivity index (χ3n) is 3.33. The lowest BCUT2D eigenvalue weighted by molar-refractivity contribution is -0.142. The van der Waals surface area contributed by atoms with E-state index in [0.717, 1.165) is 22.4 Å². The lowest BCUT2D eigenvalue weighted by atomic mass is 10.0. The number of hydrogen-bond donors (Lipinski definition) is 1. The van der Waals surface area contributed by atoms with Gasteiger partial charge in [0.05, 0.1) is 14.2 Å². The van der Waals surface area contributed by atoms with Crippen molar-refractivity contribution in [2.45, 2.75) is 12.5 Å². The SMILES string of the molecule is COC(=O)[C@H](N)Cc1ccc(-c2ccccc2OC)cc1. The summed E-state index contributed by atoms with van der Waals surface area (Å²) in [6.07, 6.45) is 0.457. The number of ether oxygens (including phenoxy) is 2. The number of benzene rings is 2. The molecular weight excluding hydrogens is 266 g/mol. The Morgan fingerprint density at radius 1 is 1.10 bits per heavy atom. The van der Waals surface area contributed by atoms with Gasteiger partial charge in [0.2, 0.25) is 0 Å². The molecule has 0 aliphatic heterocycles. The van der Waals surface area contributed by atoms with Crippen LogP contribution in [0.15, 0.2) is 48.5 Å². The molecule has 21 heavy (non-hydrogen) atoms. The first-order valence-electron chi connectivity index (χ1n) is 6.71. The van der Waals surface area contributed by atoms with Gasteiger partial charge in [-0.05, 0) is 23.6 Å². The van der Waals surface area contributed by atoms with E-state index in [1.165, 1.54) is 7.11 Å². The topological polar surface area (TPSA) is 61.5 Å². The van der Waals surface area contributed by atoms with Crippen LogP contribution in [0, 0.1) is 0 Å². The molecule has 0 aliphatic rings. The van der Waals surface area contributed by atoms with Crippen molar-refractivity contribution < 1.29 is 14.3 Å². The van der Waals surface area contributed by atoms with E-state index in [9.17, 15) is 4.79 Å². The standard InChI is InChI=1S/C17H19NO3/c1-20-16-6-4-3-5-14(16)13-9-7-12(8-10-13)11-15(18)17(19)21-2/h3-10,15H,11,18H2,1-2H3/t15-/m1/s1. The highest BCUT2D eigenvalue weighted by atomic mass is 16.5. The van der Waals surface area contributed by atoms with E-state index < -0.39 is 12.0 Å². The predicted molar refractivity (Wildman–Crippen MR) is 82.1 cm³/mol. The molecule has 0 spiro atoms. The Kier molecular flexibility index (Phi) is 4.95. The molecule has 0 radical (unpaired) electrons. The first-order chi connectivity index (χ1) is 10.2. The zero-order valence-electron chi connectivity index (χ0n) is 12.2. The summed E-state index contributed by atoms with van der Waals surface area (Å²) in [5, 5.41) is 0. The quantitative estimate of drug-likeness (QED) is 0.857. The molecule has 4 nitrogen and oxygen atoms in total. The largest absolute Gasteiger partial charge is 0.496 e. The van der Waals surface area contributed by atoms with Crippen molar-refractivity contribution in [3.05, 3.63) is 54.1 Å². The molecule has 0 aliphatic carbocycles. The number of methoxy groups -OCH3 is 2. The summed E-state index contributed by atoms with van der Waals surface area (Å²) in [7, 11) is 3.00. The molecule has 1 atom stereocenters. The second-order valence-electron chi connectivity index (χ2n) is 4.73. The lowest BCUT2D eigenvalue weighted by Gasteiger charge is -2.11. The van der Waals surface area contributed by atoms with Crippen molar-refractivity contribution >= 4 is 5.97 Å². The smallest absolute Gasteiger partial charge is 0.322 e. The number of nitrogens with two attached hydrogens (primary N) is 1. The Morgan fingerprint density at radius 2 is 1.76 bits per heavy atom. The second-order valence-corrected chi connectivity index (χ2v) is 4.73. The van der Waals surface area contributed by atoms with Crippen LogP contribution in [0.4, 0.5) is 0 Å². The molecular formula is C17H19NO3. The average Bonchev–Trinajstić information content (AvgIpc) is 2.54. The van der Waals surface area contributed by atoms with Gasteiger partial charge in [0, 0.05) is 5.56 Å². The van der Waals surface area contributed by atoms with Gasteiger partial charge in [-0.25, -0.2) is 0 Å². The van der Waals surface area contributed by atoms with Crippen LogP contribution >= 0.6 is 0 Å². The minimum Gasteiger partial charge on any atom is -0.496 e. The molecule has 0 bridgehead atoms. The number of carbonyl (C=O) groups is 1. The first kappa shape index (κ1) is 15.1. The summed E-state index contributed by atoms with van der Waals surface area (Å²) in [5.74, 6) is 0.431. The Balaban J connectivity index is 2.17. The summed E-state index contributed by atoms with van der Waals surface area (Å²) >= 11 is 0. The molecule has 4 heteroatoms. The predicted octanol–water partition coefficient (Wildman–Crippen LogP) is 2.41. The first-order valence-corrected chi connectivity index (χ1v) is 6.71. The van der Waals surface area contributed by atoms with Gasteiger partial charge < -0.3 is 15.2 Å². The number of carbonyl (C=O) groups excluding carboxylic acids is 1. The van der Waals surface area contributed by atoms with Gasteiger partial charge >= 0.3 is 5.97 Å². The molecule has 0 amide bonds. The van der Waals surface area contributed by atoms with Crippen LogP contribution in [-0.4, -0.2) is 26.2 Å². The van der Waals surface area contributed by atoms with Crippen LogP contribution in [0.1, 0.15) is 5.56 Å². The van der Waals surface area contributed by atoms with Crippen molar-refractivity contribution in [2.75, 3.05) is 14.2 Å². The van der Waals surface area contributed by atoms with Crippen LogP contribution in [-0.2, 0) is 16.0 Å². The fraction of sp³-hybridized carbons (Fsp3) is 0.235. The average molecular weight is 285 g/mol. The zero-order chi connectivity index (χ0) is 15.2. The Bertz CT molecular complexity index is 608. The van der Waals surface area contributed by atoms with E-state index in [4.69, 9.17) is 10.5 Å². The zero-order valence-corrected chi connectivity index (χ0v) is 12.2. The van der Waals surface area contributed by atoms with Gasteiger partial charge in [-0.2, -0.15) is 0 Å². The number of rotatable bonds is 5. The molecule has 110 valence electrons. The van der Waals surface area contributed by atoms with Gasteiger partial charge in [-0.3, -0.25) is 4.79 Å². The molecule has 0 aromatic heterocycles. The van der Waals surface area contributed by atoms with Crippen molar-refractivity contribution in [1.29, 1.82) is 0 Å². The Labute approximate surface area is 124 Å². The Hall–Kier alpha value is -2.33. The van der Waals surface area contributed by atoms with E-state index in [-0.39, 0.29) is 0 Å². The normalized spacial score (nSPS) is 11.8. The highest BCUT2D eigenvalue weighted by Gasteiger charge is 2.14. The van der Waals surface area contributed by atoms with Gasteiger partial charge in [-0.1, -0.05) is 42.5 Å². The van der Waals surface area contributed by atoms with Crippen LogP contribution < -0.4 is 10.5 Å². The maximum Gasteiger partial charge on any atom is 0.322 e. The molecule has 2 rings (SSSR count). The van der Waals surface area contributed by atoms with Gasteiger partial charge in [0.15, 0.2) is 0 Å².